The Hall–Kier alpha value is -2.30. The summed E-state index contributed by atoms with van der Waals surface area (Å²) in [5.74, 6) is -1.26. The summed E-state index contributed by atoms with van der Waals surface area (Å²) in [6.07, 6.45) is 0. The molecule has 5 heteroatoms. The van der Waals surface area contributed by atoms with Crippen LogP contribution in [0.4, 0.5) is 0 Å². The molecule has 0 fully saturated rings. The molecule has 1 aromatic heterocycles. The number of nitrogens with two attached hydrogens (primary N) is 1. The molecular formula is C15H18N2O3. The normalized spacial score (nSPS) is 11.6. The summed E-state index contributed by atoms with van der Waals surface area (Å²) >= 11 is 0. The zero-order chi connectivity index (χ0) is 14.9. The molecule has 0 unspecified atom stereocenters. The van der Waals surface area contributed by atoms with Crippen molar-refractivity contribution in [2.24, 2.45) is 5.73 Å². The van der Waals surface area contributed by atoms with Gasteiger partial charge in [-0.25, -0.2) is 4.79 Å². The van der Waals surface area contributed by atoms with Gasteiger partial charge in [0.25, 0.3) is 5.91 Å². The fourth-order valence-corrected chi connectivity index (χ4v) is 1.92. The third-order valence-electron chi connectivity index (χ3n) is 3.05. The number of carbonyl (C=O) groups is 2. The monoisotopic (exact) mass is 274 g/mol. The van der Waals surface area contributed by atoms with Crippen LogP contribution in [0.25, 0.3) is 10.9 Å². The Morgan fingerprint density at radius 3 is 2.55 bits per heavy atom. The first-order valence-electron chi connectivity index (χ1n) is 6.36. The molecule has 1 amide bonds. The van der Waals surface area contributed by atoms with E-state index >= 15 is 0 Å². The smallest absolute Gasteiger partial charge is 0.355 e. The van der Waals surface area contributed by atoms with Gasteiger partial charge >= 0.3 is 5.97 Å². The quantitative estimate of drug-likeness (QED) is 0.840. The van der Waals surface area contributed by atoms with E-state index in [1.165, 1.54) is 5.56 Å². The Morgan fingerprint density at radius 2 is 1.95 bits per heavy atom. The number of aromatic nitrogens is 1. The number of hydrogen-bond acceptors (Lipinski definition) is 3. The maximum Gasteiger partial charge on any atom is 0.355 e. The van der Waals surface area contributed by atoms with Gasteiger partial charge in [0.2, 0.25) is 0 Å². The molecule has 0 saturated heterocycles. The van der Waals surface area contributed by atoms with Crippen LogP contribution in [-0.4, -0.2) is 23.5 Å². The van der Waals surface area contributed by atoms with Crippen LogP contribution < -0.4 is 5.73 Å². The number of fused-ring (bicyclic) bond motifs is 1. The van der Waals surface area contributed by atoms with E-state index in [2.05, 4.69) is 25.8 Å². The van der Waals surface area contributed by atoms with Crippen molar-refractivity contribution >= 4 is 22.8 Å². The zero-order valence-electron chi connectivity index (χ0n) is 11.8. The molecule has 0 aliphatic heterocycles. The number of aromatic amines is 1. The number of rotatable bonds is 3. The number of ether oxygens (including phenoxy) is 1. The standard InChI is InChI=1S/C15H18N2O3/c1-15(2,3)10-5-4-9-6-12(17-11(9)7-10)14(19)20-8-13(16)18/h4-7,17H,8H2,1-3H3,(H2,16,18). The Kier molecular flexibility index (Phi) is 3.53. The largest absolute Gasteiger partial charge is 0.451 e. The van der Waals surface area contributed by atoms with E-state index in [9.17, 15) is 9.59 Å². The minimum atomic E-state index is -0.676. The molecule has 106 valence electrons. The second-order valence-corrected chi connectivity index (χ2v) is 5.78. The molecule has 20 heavy (non-hydrogen) atoms. The van der Waals surface area contributed by atoms with Crippen LogP contribution in [0.2, 0.25) is 0 Å². The van der Waals surface area contributed by atoms with Gasteiger partial charge in [-0.05, 0) is 23.1 Å². The summed E-state index contributed by atoms with van der Waals surface area (Å²) in [7, 11) is 0. The van der Waals surface area contributed by atoms with Crippen molar-refractivity contribution in [1.29, 1.82) is 0 Å². The molecule has 0 aliphatic carbocycles. The molecule has 0 radical (unpaired) electrons. The van der Waals surface area contributed by atoms with Crippen molar-refractivity contribution in [3.63, 3.8) is 0 Å². The van der Waals surface area contributed by atoms with E-state index in [-0.39, 0.29) is 5.41 Å². The number of benzene rings is 1. The SMILES string of the molecule is CC(C)(C)c1ccc2cc(C(=O)OCC(N)=O)[nH]c2c1. The second-order valence-electron chi connectivity index (χ2n) is 5.78. The predicted octanol–water partition coefficient (Wildman–Crippen LogP) is 2.11. The van der Waals surface area contributed by atoms with Gasteiger partial charge in [-0.15, -0.1) is 0 Å². The van der Waals surface area contributed by atoms with Crippen LogP contribution in [0.1, 0.15) is 36.8 Å². The van der Waals surface area contributed by atoms with Gasteiger partial charge in [-0.1, -0.05) is 32.9 Å². The summed E-state index contributed by atoms with van der Waals surface area (Å²) in [4.78, 5) is 25.3. The first kappa shape index (κ1) is 14.1. The maximum absolute atomic E-state index is 11.7. The van der Waals surface area contributed by atoms with Gasteiger partial charge in [0.05, 0.1) is 0 Å². The lowest BCUT2D eigenvalue weighted by molar-refractivity contribution is -0.121. The lowest BCUT2D eigenvalue weighted by Crippen LogP contribution is -2.21. The van der Waals surface area contributed by atoms with Crippen molar-refractivity contribution in [1.82, 2.24) is 4.98 Å². The van der Waals surface area contributed by atoms with Crippen molar-refractivity contribution in [2.45, 2.75) is 26.2 Å². The molecular weight excluding hydrogens is 256 g/mol. The molecule has 0 spiro atoms. The van der Waals surface area contributed by atoms with Crippen LogP contribution in [0.15, 0.2) is 24.3 Å². The summed E-state index contributed by atoms with van der Waals surface area (Å²) in [5, 5.41) is 0.920. The number of nitrogens with one attached hydrogen (secondary N) is 1. The van der Waals surface area contributed by atoms with Gasteiger partial charge in [0.15, 0.2) is 6.61 Å². The Morgan fingerprint density at radius 1 is 1.25 bits per heavy atom. The van der Waals surface area contributed by atoms with Crippen molar-refractivity contribution in [2.75, 3.05) is 6.61 Å². The zero-order valence-corrected chi connectivity index (χ0v) is 11.8. The van der Waals surface area contributed by atoms with E-state index in [0.29, 0.717) is 5.69 Å². The number of carbonyl (C=O) groups excluding carboxylic acids is 2. The lowest BCUT2D eigenvalue weighted by atomic mass is 9.87. The van der Waals surface area contributed by atoms with E-state index in [4.69, 9.17) is 10.5 Å². The molecule has 2 rings (SSSR count). The molecule has 0 aliphatic rings. The fourth-order valence-electron chi connectivity index (χ4n) is 1.92. The minimum Gasteiger partial charge on any atom is -0.451 e. The number of amides is 1. The number of H-pyrrole nitrogens is 1. The van der Waals surface area contributed by atoms with Gasteiger partial charge in [0, 0.05) is 10.9 Å². The van der Waals surface area contributed by atoms with Crippen molar-refractivity contribution in [3.8, 4) is 0 Å². The van der Waals surface area contributed by atoms with Crippen LogP contribution >= 0.6 is 0 Å². The Bertz CT molecular complexity index is 665. The average molecular weight is 274 g/mol. The number of hydrogen-bond donors (Lipinski definition) is 2. The number of primary amides is 1. The van der Waals surface area contributed by atoms with Crippen LogP contribution in [0.3, 0.4) is 0 Å². The van der Waals surface area contributed by atoms with Crippen LogP contribution in [-0.2, 0) is 14.9 Å². The van der Waals surface area contributed by atoms with E-state index in [1.807, 2.05) is 18.2 Å². The van der Waals surface area contributed by atoms with E-state index < -0.39 is 18.5 Å². The highest BCUT2D eigenvalue weighted by Crippen LogP contribution is 2.26. The molecule has 0 bridgehead atoms. The summed E-state index contributed by atoms with van der Waals surface area (Å²) in [6.45, 7) is 5.96. The van der Waals surface area contributed by atoms with E-state index in [1.54, 1.807) is 6.07 Å². The van der Waals surface area contributed by atoms with E-state index in [0.717, 1.165) is 10.9 Å². The highest BCUT2D eigenvalue weighted by molar-refractivity contribution is 5.95. The molecule has 2 aromatic rings. The lowest BCUT2D eigenvalue weighted by Gasteiger charge is -2.18. The molecule has 1 heterocycles. The first-order chi connectivity index (χ1) is 9.27. The van der Waals surface area contributed by atoms with Gasteiger partial charge in [-0.3, -0.25) is 4.79 Å². The van der Waals surface area contributed by atoms with Crippen molar-refractivity contribution in [3.05, 3.63) is 35.5 Å². The molecule has 0 saturated carbocycles. The first-order valence-corrected chi connectivity index (χ1v) is 6.36. The highest BCUT2D eigenvalue weighted by Gasteiger charge is 2.16. The summed E-state index contributed by atoms with van der Waals surface area (Å²) < 4.78 is 4.77. The van der Waals surface area contributed by atoms with Gasteiger partial charge in [0.1, 0.15) is 5.69 Å². The molecule has 5 nitrogen and oxygen atoms in total. The van der Waals surface area contributed by atoms with Crippen molar-refractivity contribution < 1.29 is 14.3 Å². The average Bonchev–Trinajstić information content (AvgIpc) is 2.77. The number of esters is 1. The third kappa shape index (κ3) is 2.99. The summed E-state index contributed by atoms with van der Waals surface area (Å²) in [5.41, 5.74) is 7.32. The topological polar surface area (TPSA) is 85.2 Å². The highest BCUT2D eigenvalue weighted by atomic mass is 16.5. The molecule has 1 aromatic carbocycles. The Balaban J connectivity index is 2.29. The minimum absolute atomic E-state index is 0.0337. The van der Waals surface area contributed by atoms with Gasteiger partial charge in [-0.2, -0.15) is 0 Å². The maximum atomic E-state index is 11.7. The van der Waals surface area contributed by atoms with Crippen LogP contribution in [0.5, 0.6) is 0 Å². The fraction of sp³-hybridized carbons (Fsp3) is 0.333. The molecule has 0 atom stereocenters. The Labute approximate surface area is 117 Å². The predicted molar refractivity (Wildman–Crippen MR) is 76.5 cm³/mol. The summed E-state index contributed by atoms with van der Waals surface area (Å²) in [6, 6.07) is 7.71. The second kappa shape index (κ2) is 5.00. The van der Waals surface area contributed by atoms with Gasteiger partial charge < -0.3 is 15.5 Å². The van der Waals surface area contributed by atoms with Crippen LogP contribution in [0, 0.1) is 0 Å². The third-order valence-corrected chi connectivity index (χ3v) is 3.05. The molecule has 3 N–H and O–H groups in total.